The molecule has 1 saturated heterocycles. The molecule has 1 aromatic rings. The predicted octanol–water partition coefficient (Wildman–Crippen LogP) is 1.79. The van der Waals surface area contributed by atoms with E-state index in [0.717, 1.165) is 18.4 Å². The molecule has 0 saturated carbocycles. The number of sulfone groups is 1. The van der Waals surface area contributed by atoms with Crippen molar-refractivity contribution >= 4 is 15.7 Å². The molecule has 0 atom stereocenters. The third-order valence-electron chi connectivity index (χ3n) is 3.87. The van der Waals surface area contributed by atoms with Crippen LogP contribution >= 0.6 is 0 Å². The van der Waals surface area contributed by atoms with Gasteiger partial charge in [-0.3, -0.25) is 4.79 Å². The second-order valence-electron chi connectivity index (χ2n) is 5.83. The van der Waals surface area contributed by atoms with Gasteiger partial charge < -0.3 is 4.90 Å². The quantitative estimate of drug-likeness (QED) is 0.845. The van der Waals surface area contributed by atoms with E-state index >= 15 is 0 Å². The average molecular weight is 331 g/mol. The molecule has 22 heavy (non-hydrogen) atoms. The number of hydrogen-bond donors (Lipinski definition) is 0. The van der Waals surface area contributed by atoms with Crippen molar-refractivity contribution in [3.05, 3.63) is 35.4 Å². The van der Waals surface area contributed by atoms with Crippen molar-refractivity contribution in [1.82, 2.24) is 4.90 Å². The van der Waals surface area contributed by atoms with Crippen molar-refractivity contribution in [2.45, 2.75) is 19.3 Å². The van der Waals surface area contributed by atoms with Crippen molar-refractivity contribution in [2.24, 2.45) is 5.92 Å². The van der Waals surface area contributed by atoms with Gasteiger partial charge in [-0.05, 0) is 48.9 Å². The smallest absolute Gasteiger partial charge is 0.237 e. The highest BCUT2D eigenvalue weighted by atomic mass is 32.2. The second kappa shape index (κ2) is 6.73. The van der Waals surface area contributed by atoms with E-state index in [1.807, 2.05) is 0 Å². The first-order chi connectivity index (χ1) is 10.2. The topological polar surface area (TPSA) is 54.5 Å². The molecule has 0 N–H and O–H groups in total. The van der Waals surface area contributed by atoms with Crippen LogP contribution in [0.2, 0.25) is 0 Å². The van der Waals surface area contributed by atoms with Crippen molar-refractivity contribution in [3.63, 3.8) is 0 Å². The van der Waals surface area contributed by atoms with Crippen LogP contribution < -0.4 is 0 Å². The lowest BCUT2D eigenvalue weighted by Crippen LogP contribution is -2.41. The SMILES string of the molecule is CS(=O)(=O)CC(=O)N1CCC(Cc2cc(F)ccc2F)CC1. The van der Waals surface area contributed by atoms with E-state index in [-0.39, 0.29) is 5.92 Å². The largest absolute Gasteiger partial charge is 0.342 e. The van der Waals surface area contributed by atoms with E-state index in [1.54, 1.807) is 0 Å². The van der Waals surface area contributed by atoms with Crippen LogP contribution in [0.1, 0.15) is 18.4 Å². The van der Waals surface area contributed by atoms with Gasteiger partial charge >= 0.3 is 0 Å². The van der Waals surface area contributed by atoms with Gasteiger partial charge in [-0.15, -0.1) is 0 Å². The third-order valence-corrected chi connectivity index (χ3v) is 4.64. The summed E-state index contributed by atoms with van der Waals surface area (Å²) in [4.78, 5) is 13.3. The monoisotopic (exact) mass is 331 g/mol. The summed E-state index contributed by atoms with van der Waals surface area (Å²) < 4.78 is 49.0. The van der Waals surface area contributed by atoms with Crippen LogP contribution in [-0.4, -0.2) is 44.3 Å². The van der Waals surface area contributed by atoms with E-state index in [0.29, 0.717) is 37.9 Å². The number of carbonyl (C=O) groups excluding carboxylic acids is 1. The lowest BCUT2D eigenvalue weighted by molar-refractivity contribution is -0.129. The zero-order chi connectivity index (χ0) is 16.3. The number of nitrogens with zero attached hydrogens (tertiary/aromatic N) is 1. The summed E-state index contributed by atoms with van der Waals surface area (Å²) >= 11 is 0. The zero-order valence-electron chi connectivity index (χ0n) is 12.4. The molecule has 4 nitrogen and oxygen atoms in total. The molecule has 0 unspecified atom stereocenters. The van der Waals surface area contributed by atoms with Crippen molar-refractivity contribution in [1.29, 1.82) is 0 Å². The number of benzene rings is 1. The Morgan fingerprint density at radius 3 is 2.50 bits per heavy atom. The van der Waals surface area contributed by atoms with Crippen LogP contribution in [0.5, 0.6) is 0 Å². The molecule has 1 heterocycles. The molecule has 1 aromatic carbocycles. The molecule has 1 aliphatic rings. The fourth-order valence-electron chi connectivity index (χ4n) is 2.71. The fraction of sp³-hybridized carbons (Fsp3) is 0.533. The summed E-state index contributed by atoms with van der Waals surface area (Å²) in [6, 6.07) is 3.41. The van der Waals surface area contributed by atoms with Crippen LogP contribution in [0.3, 0.4) is 0 Å². The van der Waals surface area contributed by atoms with E-state index in [2.05, 4.69) is 0 Å². The summed E-state index contributed by atoms with van der Waals surface area (Å²) in [6.45, 7) is 0.909. The second-order valence-corrected chi connectivity index (χ2v) is 7.97. The van der Waals surface area contributed by atoms with E-state index in [1.165, 1.54) is 11.0 Å². The number of likely N-dealkylation sites (tertiary alicyclic amines) is 1. The van der Waals surface area contributed by atoms with Crippen LogP contribution in [-0.2, 0) is 21.1 Å². The zero-order valence-corrected chi connectivity index (χ0v) is 13.2. The Hall–Kier alpha value is -1.50. The summed E-state index contributed by atoms with van der Waals surface area (Å²) in [6.07, 6.45) is 2.78. The first kappa shape index (κ1) is 16.9. The minimum absolute atomic E-state index is 0.165. The van der Waals surface area contributed by atoms with Crippen LogP contribution in [0.25, 0.3) is 0 Å². The van der Waals surface area contributed by atoms with Gasteiger partial charge in [-0.2, -0.15) is 0 Å². The highest BCUT2D eigenvalue weighted by Gasteiger charge is 2.25. The molecule has 0 spiro atoms. The van der Waals surface area contributed by atoms with E-state index in [4.69, 9.17) is 0 Å². The fourth-order valence-corrected chi connectivity index (χ4v) is 3.34. The highest BCUT2D eigenvalue weighted by Crippen LogP contribution is 2.23. The Kier molecular flexibility index (Phi) is 5.16. The van der Waals surface area contributed by atoms with Crippen LogP contribution in [0.15, 0.2) is 18.2 Å². The van der Waals surface area contributed by atoms with Gasteiger partial charge in [-0.25, -0.2) is 17.2 Å². The van der Waals surface area contributed by atoms with Gasteiger partial charge in [0.05, 0.1) is 0 Å². The van der Waals surface area contributed by atoms with Gasteiger partial charge in [0.15, 0.2) is 9.84 Å². The molecule has 0 aromatic heterocycles. The lowest BCUT2D eigenvalue weighted by Gasteiger charge is -2.32. The minimum Gasteiger partial charge on any atom is -0.342 e. The molecular formula is C15H19F2NO3S. The number of piperidine rings is 1. The maximum Gasteiger partial charge on any atom is 0.237 e. The van der Waals surface area contributed by atoms with Gasteiger partial charge in [0, 0.05) is 19.3 Å². The predicted molar refractivity (Wildman–Crippen MR) is 79.1 cm³/mol. The minimum atomic E-state index is -3.33. The molecule has 122 valence electrons. The van der Waals surface area contributed by atoms with E-state index < -0.39 is 33.1 Å². The maximum absolute atomic E-state index is 13.6. The number of halogens is 2. The lowest BCUT2D eigenvalue weighted by atomic mass is 9.90. The van der Waals surface area contributed by atoms with Crippen LogP contribution in [0, 0.1) is 17.6 Å². The molecule has 1 amide bonds. The Bertz CT molecular complexity index is 653. The molecular weight excluding hydrogens is 312 g/mol. The number of rotatable bonds is 4. The molecule has 1 fully saturated rings. The molecule has 7 heteroatoms. The van der Waals surface area contributed by atoms with E-state index in [9.17, 15) is 22.0 Å². The summed E-state index contributed by atoms with van der Waals surface area (Å²) in [5.74, 6) is -1.58. The molecule has 2 rings (SSSR count). The highest BCUT2D eigenvalue weighted by molar-refractivity contribution is 7.91. The van der Waals surface area contributed by atoms with Gasteiger partial charge in [0.1, 0.15) is 17.4 Å². The summed E-state index contributed by atoms with van der Waals surface area (Å²) in [5.41, 5.74) is 0.348. The Balaban J connectivity index is 1.90. The third kappa shape index (κ3) is 4.76. The van der Waals surface area contributed by atoms with Gasteiger partial charge in [-0.1, -0.05) is 0 Å². The Labute approximate surface area is 129 Å². The number of amides is 1. The first-order valence-corrected chi connectivity index (χ1v) is 9.20. The first-order valence-electron chi connectivity index (χ1n) is 7.14. The molecule has 0 radical (unpaired) electrons. The number of carbonyl (C=O) groups is 1. The molecule has 0 aliphatic carbocycles. The molecule has 0 bridgehead atoms. The Morgan fingerprint density at radius 2 is 1.91 bits per heavy atom. The average Bonchev–Trinajstić information content (AvgIpc) is 2.42. The van der Waals surface area contributed by atoms with Crippen molar-refractivity contribution in [2.75, 3.05) is 25.1 Å². The maximum atomic E-state index is 13.6. The Morgan fingerprint density at radius 1 is 1.27 bits per heavy atom. The van der Waals surface area contributed by atoms with Crippen molar-refractivity contribution in [3.8, 4) is 0 Å². The van der Waals surface area contributed by atoms with Crippen molar-refractivity contribution < 1.29 is 22.0 Å². The van der Waals surface area contributed by atoms with Crippen LogP contribution in [0.4, 0.5) is 8.78 Å². The van der Waals surface area contributed by atoms with Gasteiger partial charge in [0.25, 0.3) is 0 Å². The summed E-state index contributed by atoms with van der Waals surface area (Å²) in [7, 11) is -3.33. The molecule has 1 aliphatic heterocycles. The number of hydrogen-bond acceptors (Lipinski definition) is 3. The standard InChI is InChI=1S/C15H19F2NO3S/c1-22(20,21)10-15(19)18-6-4-11(5-7-18)8-12-9-13(16)2-3-14(12)17/h2-3,9,11H,4-8,10H2,1H3. The van der Waals surface area contributed by atoms with Gasteiger partial charge in [0.2, 0.25) is 5.91 Å². The summed E-state index contributed by atoms with van der Waals surface area (Å²) in [5, 5.41) is 0. The normalized spacial score (nSPS) is 16.8.